The quantitative estimate of drug-likeness (QED) is 0.327. The van der Waals surface area contributed by atoms with Gasteiger partial charge in [-0.25, -0.2) is 0 Å². The minimum atomic E-state index is -3.14. The van der Waals surface area contributed by atoms with Crippen LogP contribution in [0, 0.1) is 0 Å². The average Bonchev–Trinajstić information content (AvgIpc) is 2.85. The first-order valence-electron chi connectivity index (χ1n) is 11.2. The van der Waals surface area contributed by atoms with E-state index in [-0.39, 0.29) is 6.10 Å². The third-order valence-electron chi connectivity index (χ3n) is 6.83. The van der Waals surface area contributed by atoms with Crippen LogP contribution in [-0.4, -0.2) is 5.66 Å². The minimum absolute atomic E-state index is 0.0967. The number of rotatable bonds is 6. The molecule has 5 rings (SSSR count). The summed E-state index contributed by atoms with van der Waals surface area (Å²) in [6.45, 7) is -0.839. The Labute approximate surface area is 185 Å². The van der Waals surface area contributed by atoms with Crippen molar-refractivity contribution in [3.63, 3.8) is 0 Å². The van der Waals surface area contributed by atoms with Gasteiger partial charge < -0.3 is 0 Å². The van der Waals surface area contributed by atoms with E-state index < -0.39 is 6.83 Å². The zero-order valence-electron chi connectivity index (χ0n) is 18.0. The summed E-state index contributed by atoms with van der Waals surface area (Å²) < 4.78 is 7.45. The first-order valence-corrected chi connectivity index (χ1v) is 13.5. The van der Waals surface area contributed by atoms with Gasteiger partial charge in [-0.15, -0.1) is 0 Å². The normalized spacial score (nSPS) is 22.5. The first-order chi connectivity index (χ1) is 15.3. The molecule has 0 bridgehead atoms. The fourth-order valence-electron chi connectivity index (χ4n) is 5.58. The van der Waals surface area contributed by atoms with Gasteiger partial charge >= 0.3 is 186 Å². The molecule has 0 amide bonds. The van der Waals surface area contributed by atoms with E-state index in [9.17, 15) is 0 Å². The first kappa shape index (κ1) is 20.2. The molecule has 0 spiro atoms. The molecule has 1 nitrogen and oxygen atoms in total. The fraction of sp³-hybridized carbons (Fsp3) is 0.172. The van der Waals surface area contributed by atoms with Crippen molar-refractivity contribution in [3.05, 3.63) is 127 Å². The zero-order valence-corrected chi connectivity index (χ0v) is 18.9. The van der Waals surface area contributed by atoms with Crippen LogP contribution in [0.3, 0.4) is 0 Å². The molecule has 1 fully saturated rings. The van der Waals surface area contributed by atoms with Crippen molar-refractivity contribution in [3.8, 4) is 0 Å². The van der Waals surface area contributed by atoms with E-state index in [1.165, 1.54) is 21.5 Å². The van der Waals surface area contributed by atoms with E-state index >= 15 is 0 Å². The van der Waals surface area contributed by atoms with Crippen molar-refractivity contribution in [2.45, 2.75) is 31.5 Å². The van der Waals surface area contributed by atoms with Gasteiger partial charge in [-0.2, -0.15) is 0 Å². The van der Waals surface area contributed by atoms with E-state index in [0.717, 1.165) is 12.8 Å². The summed E-state index contributed by atoms with van der Waals surface area (Å²) in [7, 11) is 0. The fourth-order valence-corrected chi connectivity index (χ4v) is 12.5. The van der Waals surface area contributed by atoms with Crippen LogP contribution in [0.25, 0.3) is 0 Å². The summed E-state index contributed by atoms with van der Waals surface area (Å²) >= 11 is 0. The van der Waals surface area contributed by atoms with Crippen molar-refractivity contribution >= 4 is 22.7 Å². The Bertz CT molecular complexity index is 1030. The predicted molar refractivity (Wildman–Crippen MR) is 134 cm³/mol. The second kappa shape index (κ2) is 8.08. The SMILES string of the molecule is CCCC1C(c2ccccc2)OP1(c1ccccc1)(c1ccccc1)c1ccccc1. The zero-order chi connectivity index (χ0) is 21.2. The Kier molecular flexibility index (Phi) is 5.26. The molecule has 1 aliphatic rings. The van der Waals surface area contributed by atoms with Gasteiger partial charge in [0.15, 0.2) is 0 Å². The summed E-state index contributed by atoms with van der Waals surface area (Å²) in [6.07, 6.45) is 2.34. The van der Waals surface area contributed by atoms with E-state index in [2.05, 4.69) is 128 Å². The molecular weight excluding hydrogens is 395 g/mol. The number of hydrogen-bond donors (Lipinski definition) is 0. The standard InChI is InChI=1S/C29H29OP/c1-2-15-28-29(24-16-7-3-8-17-24)30-31(28,25-18-9-4-10-19-25,26-20-11-5-12-21-26)27-22-13-6-14-23-27/h3-14,16-23,28-29H,2,15H2,1H3. The predicted octanol–water partition coefficient (Wildman–Crippen LogP) is 6.37. The van der Waals surface area contributed by atoms with Gasteiger partial charge in [0.25, 0.3) is 0 Å². The Hall–Kier alpha value is -2.73. The summed E-state index contributed by atoms with van der Waals surface area (Å²) in [5, 5.41) is 3.99. The molecule has 31 heavy (non-hydrogen) atoms. The van der Waals surface area contributed by atoms with Gasteiger partial charge in [-0.1, -0.05) is 0 Å². The van der Waals surface area contributed by atoms with Crippen LogP contribution < -0.4 is 15.9 Å². The van der Waals surface area contributed by atoms with E-state index in [4.69, 9.17) is 4.52 Å². The van der Waals surface area contributed by atoms with Crippen molar-refractivity contribution in [1.82, 2.24) is 0 Å². The Morgan fingerprint density at radius 3 is 1.35 bits per heavy atom. The molecular formula is C29H29OP. The monoisotopic (exact) mass is 424 g/mol. The molecule has 1 aliphatic heterocycles. The molecule has 4 aromatic carbocycles. The molecule has 2 unspecified atom stereocenters. The van der Waals surface area contributed by atoms with Gasteiger partial charge in [-0.05, 0) is 0 Å². The van der Waals surface area contributed by atoms with Crippen LogP contribution in [0.2, 0.25) is 0 Å². The van der Waals surface area contributed by atoms with Gasteiger partial charge in [-0.3, -0.25) is 0 Å². The molecule has 0 saturated carbocycles. The second-order valence-electron chi connectivity index (χ2n) is 8.40. The van der Waals surface area contributed by atoms with E-state index in [1.807, 2.05) is 0 Å². The Morgan fingerprint density at radius 2 is 0.968 bits per heavy atom. The Balaban J connectivity index is 1.86. The third-order valence-corrected chi connectivity index (χ3v) is 13.3. The Morgan fingerprint density at radius 1 is 0.581 bits per heavy atom. The van der Waals surface area contributed by atoms with Gasteiger partial charge in [0, 0.05) is 0 Å². The van der Waals surface area contributed by atoms with Crippen LogP contribution in [-0.2, 0) is 4.52 Å². The average molecular weight is 425 g/mol. The summed E-state index contributed by atoms with van der Waals surface area (Å²) in [4.78, 5) is 0. The third kappa shape index (κ3) is 2.84. The molecule has 0 N–H and O–H groups in total. The summed E-state index contributed by atoms with van der Waals surface area (Å²) in [5.41, 5.74) is 1.68. The van der Waals surface area contributed by atoms with E-state index in [1.54, 1.807) is 0 Å². The molecule has 1 heterocycles. The van der Waals surface area contributed by atoms with Crippen LogP contribution in [0.1, 0.15) is 31.4 Å². The molecule has 1 saturated heterocycles. The maximum absolute atomic E-state index is 7.45. The molecule has 156 valence electrons. The molecule has 0 radical (unpaired) electrons. The summed E-state index contributed by atoms with van der Waals surface area (Å²) in [6, 6.07) is 43.9. The van der Waals surface area contributed by atoms with Crippen molar-refractivity contribution in [2.24, 2.45) is 0 Å². The molecule has 0 aliphatic carbocycles. The molecule has 2 atom stereocenters. The molecule has 4 aromatic rings. The van der Waals surface area contributed by atoms with Gasteiger partial charge in [0.05, 0.1) is 0 Å². The molecule has 2 heteroatoms. The molecule has 0 aromatic heterocycles. The maximum atomic E-state index is 7.45. The summed E-state index contributed by atoms with van der Waals surface area (Å²) in [5.74, 6) is 0. The van der Waals surface area contributed by atoms with Gasteiger partial charge in [0.2, 0.25) is 0 Å². The van der Waals surface area contributed by atoms with Crippen LogP contribution in [0.15, 0.2) is 121 Å². The van der Waals surface area contributed by atoms with Crippen molar-refractivity contribution < 1.29 is 4.52 Å². The van der Waals surface area contributed by atoms with Crippen LogP contribution in [0.5, 0.6) is 0 Å². The second-order valence-corrected chi connectivity index (χ2v) is 13.0. The van der Waals surface area contributed by atoms with Crippen molar-refractivity contribution in [1.29, 1.82) is 0 Å². The van der Waals surface area contributed by atoms with E-state index in [0.29, 0.717) is 5.66 Å². The van der Waals surface area contributed by atoms with Crippen LogP contribution >= 0.6 is 6.83 Å². The van der Waals surface area contributed by atoms with Crippen LogP contribution in [0.4, 0.5) is 0 Å². The van der Waals surface area contributed by atoms with Crippen molar-refractivity contribution in [2.75, 3.05) is 0 Å². The topological polar surface area (TPSA) is 9.23 Å². The van der Waals surface area contributed by atoms with Gasteiger partial charge in [0.1, 0.15) is 0 Å². The number of hydrogen-bond acceptors (Lipinski definition) is 1. The number of benzene rings is 4.